The van der Waals surface area contributed by atoms with Gasteiger partial charge < -0.3 is 37.2 Å². The molecule has 3 aromatic rings. The number of rotatable bonds is 4. The van der Waals surface area contributed by atoms with Crippen LogP contribution in [-0.2, 0) is 25.9 Å². The van der Waals surface area contributed by atoms with E-state index in [0.717, 1.165) is 0 Å². The van der Waals surface area contributed by atoms with Crippen LogP contribution in [-0.4, -0.2) is 0 Å². The zero-order valence-electron chi connectivity index (χ0n) is 19.7. The Morgan fingerprint density at radius 1 is 0.545 bits per heavy atom. The summed E-state index contributed by atoms with van der Waals surface area (Å²) >= 11 is 2.40. The molecular formula is C29H29Cl3Ti. The normalized spacial score (nSPS) is 14.3. The summed E-state index contributed by atoms with van der Waals surface area (Å²) in [7, 11) is 0. The standard InChI is InChI=1S/C29H29.3ClH.Ti/c1-20-9-6-12-25(15-20)29(26-13-7-10-21(2)16-26,27-14-8-11-22(3)17-27)28-18-23(4)24(5)19-28;;;;/h6-19H,1-5H3;3*1H;/q;;;;+3/p-3. The van der Waals surface area contributed by atoms with Crippen molar-refractivity contribution in [1.29, 1.82) is 0 Å². The third kappa shape index (κ3) is 5.21. The van der Waals surface area contributed by atoms with Crippen molar-refractivity contribution in [2.45, 2.75) is 43.8 Å². The average Bonchev–Trinajstić information content (AvgIpc) is 2.95. The van der Waals surface area contributed by atoms with E-state index in [9.17, 15) is 0 Å². The molecule has 0 fully saturated rings. The third-order valence-corrected chi connectivity index (χ3v) is 7.52. The van der Waals surface area contributed by atoms with Gasteiger partial charge in [0.05, 0.1) is 0 Å². The molecule has 170 valence electrons. The molecule has 0 heterocycles. The Labute approximate surface area is 229 Å². The van der Waals surface area contributed by atoms with Crippen LogP contribution in [0.3, 0.4) is 0 Å². The second-order valence-corrected chi connectivity index (χ2v) is 10.2. The zero-order valence-corrected chi connectivity index (χ0v) is 23.5. The third-order valence-electron chi connectivity index (χ3n) is 6.48. The molecule has 0 N–H and O–H groups in total. The van der Waals surface area contributed by atoms with E-state index < -0.39 is 0 Å². The predicted octanol–water partition coefficient (Wildman–Crippen LogP) is -1.43. The largest absolute Gasteiger partial charge is 1.00 e. The van der Waals surface area contributed by atoms with Gasteiger partial charge in [-0.05, 0) is 0 Å². The van der Waals surface area contributed by atoms with E-state index in [1.54, 1.807) is 0 Å². The Kier molecular flexibility index (Phi) is 10.3. The molecule has 3 aromatic carbocycles. The molecule has 0 aliphatic heterocycles. The van der Waals surface area contributed by atoms with E-state index >= 15 is 0 Å². The number of halogens is 3. The van der Waals surface area contributed by atoms with Gasteiger partial charge in [0.25, 0.3) is 0 Å². The minimum absolute atomic E-state index is 0. The van der Waals surface area contributed by atoms with E-state index in [2.05, 4.69) is 140 Å². The first-order chi connectivity index (χ1) is 14.3. The molecule has 0 bridgehead atoms. The van der Waals surface area contributed by atoms with Crippen LogP contribution in [0, 0.1) is 20.8 Å². The Morgan fingerprint density at radius 2 is 0.848 bits per heavy atom. The van der Waals surface area contributed by atoms with Crippen molar-refractivity contribution in [3.05, 3.63) is 129 Å². The molecule has 0 saturated heterocycles. The molecule has 0 aromatic heterocycles. The van der Waals surface area contributed by atoms with Crippen molar-refractivity contribution in [1.82, 2.24) is 0 Å². The number of hydrogen-bond acceptors (Lipinski definition) is 0. The Morgan fingerprint density at radius 3 is 1.12 bits per heavy atom. The van der Waals surface area contributed by atoms with E-state index in [0.29, 0.717) is 0 Å². The van der Waals surface area contributed by atoms with Crippen molar-refractivity contribution < 1.29 is 57.7 Å². The van der Waals surface area contributed by atoms with Crippen LogP contribution in [0.1, 0.15) is 47.2 Å². The summed E-state index contributed by atoms with van der Waals surface area (Å²) < 4.78 is -0.184. The first-order valence-corrected chi connectivity index (χ1v) is 11.4. The Bertz CT molecular complexity index is 1050. The molecule has 0 amide bonds. The number of allylic oxidation sites excluding steroid dienone is 4. The SMILES string of the molecule is CC1=C[C]([Ti+3])(C(c2cccc(C)c2)(c2cccc(C)c2)c2cccc(C)c2)C=C1C.[Cl-].[Cl-].[Cl-]. The molecule has 1 aliphatic rings. The van der Waals surface area contributed by atoms with Crippen LogP contribution < -0.4 is 37.2 Å². The van der Waals surface area contributed by atoms with Gasteiger partial charge in [0, 0.05) is 0 Å². The molecule has 0 atom stereocenters. The molecule has 1 aliphatic carbocycles. The first-order valence-electron chi connectivity index (χ1n) is 10.6. The maximum absolute atomic E-state index is 2.48. The summed E-state index contributed by atoms with van der Waals surface area (Å²) in [5.41, 5.74) is 10.3. The van der Waals surface area contributed by atoms with Gasteiger partial charge in [-0.15, -0.1) is 0 Å². The van der Waals surface area contributed by atoms with Crippen molar-refractivity contribution in [2.75, 3.05) is 0 Å². The molecule has 0 nitrogen and oxygen atoms in total. The molecule has 4 heteroatoms. The van der Waals surface area contributed by atoms with Crippen molar-refractivity contribution >= 4 is 0 Å². The Balaban J connectivity index is 0.00000181. The van der Waals surface area contributed by atoms with E-state index in [4.69, 9.17) is 0 Å². The maximum atomic E-state index is 2.48. The Hall–Kier alpha value is -1.28. The van der Waals surface area contributed by atoms with Crippen molar-refractivity contribution in [2.24, 2.45) is 0 Å². The summed E-state index contributed by atoms with van der Waals surface area (Å²) in [5, 5.41) is 0. The topological polar surface area (TPSA) is 0 Å². The molecular weight excluding hydrogens is 503 g/mol. The predicted molar refractivity (Wildman–Crippen MR) is 124 cm³/mol. The quantitative estimate of drug-likeness (QED) is 0.286. The summed E-state index contributed by atoms with van der Waals surface area (Å²) in [4.78, 5) is 0. The van der Waals surface area contributed by atoms with Gasteiger partial charge in [-0.2, -0.15) is 0 Å². The summed E-state index contributed by atoms with van der Waals surface area (Å²) in [6.07, 6.45) is 4.96. The van der Waals surface area contributed by atoms with Gasteiger partial charge in [0.2, 0.25) is 0 Å². The van der Waals surface area contributed by atoms with Gasteiger partial charge in [0.15, 0.2) is 0 Å². The van der Waals surface area contributed by atoms with Crippen LogP contribution in [0.25, 0.3) is 0 Å². The summed E-state index contributed by atoms with van der Waals surface area (Å²) in [6.45, 7) is 11.1. The number of aryl methyl sites for hydroxylation is 3. The molecule has 4 rings (SSSR count). The fourth-order valence-corrected chi connectivity index (χ4v) is 6.37. The average molecular weight is 532 g/mol. The molecule has 0 spiro atoms. The second kappa shape index (κ2) is 11.4. The zero-order chi connectivity index (χ0) is 21.5. The van der Waals surface area contributed by atoms with Gasteiger partial charge in [-0.3, -0.25) is 0 Å². The van der Waals surface area contributed by atoms with E-state index in [1.807, 2.05) is 0 Å². The minimum atomic E-state index is -0.323. The van der Waals surface area contributed by atoms with Gasteiger partial charge in [-0.25, -0.2) is 0 Å². The van der Waals surface area contributed by atoms with E-state index in [-0.39, 0.29) is 46.4 Å². The molecule has 0 unspecified atom stereocenters. The second-order valence-electron chi connectivity index (χ2n) is 8.88. The van der Waals surface area contributed by atoms with Gasteiger partial charge in [-0.1, -0.05) is 0 Å². The van der Waals surface area contributed by atoms with Gasteiger partial charge >= 0.3 is 194 Å². The molecule has 33 heavy (non-hydrogen) atoms. The molecule has 0 radical (unpaired) electrons. The maximum Gasteiger partial charge on any atom is -1.00 e. The summed E-state index contributed by atoms with van der Waals surface area (Å²) in [5.74, 6) is 0. The first kappa shape index (κ1) is 29.8. The number of hydrogen-bond donors (Lipinski definition) is 0. The van der Waals surface area contributed by atoms with Gasteiger partial charge in [0.1, 0.15) is 0 Å². The van der Waals surface area contributed by atoms with Crippen LogP contribution in [0.4, 0.5) is 0 Å². The van der Waals surface area contributed by atoms with Crippen LogP contribution >= 0.6 is 0 Å². The monoisotopic (exact) mass is 530 g/mol. The van der Waals surface area contributed by atoms with Crippen molar-refractivity contribution in [3.63, 3.8) is 0 Å². The summed E-state index contributed by atoms with van der Waals surface area (Å²) in [6, 6.07) is 27.3. The fraction of sp³-hybridized carbons (Fsp3) is 0.241. The van der Waals surface area contributed by atoms with Crippen molar-refractivity contribution in [3.8, 4) is 0 Å². The minimum Gasteiger partial charge on any atom is -1.00 e. The molecule has 0 saturated carbocycles. The fourth-order valence-electron chi connectivity index (χ4n) is 5.02. The van der Waals surface area contributed by atoms with E-state index in [1.165, 1.54) is 44.5 Å². The smallest absolute Gasteiger partial charge is 1.00 e. The van der Waals surface area contributed by atoms with Crippen LogP contribution in [0.2, 0.25) is 3.72 Å². The van der Waals surface area contributed by atoms with Crippen LogP contribution in [0.15, 0.2) is 96.1 Å². The van der Waals surface area contributed by atoms with Crippen LogP contribution in [0.5, 0.6) is 0 Å². The number of benzene rings is 3.